The highest BCUT2D eigenvalue weighted by atomic mass is 32.2. The molecular weight excluding hydrogens is 273 g/mol. The minimum atomic E-state index is -0.767. The molecule has 19 heavy (non-hydrogen) atoms. The number of halogens is 3. The summed E-state index contributed by atoms with van der Waals surface area (Å²) in [5, 5.41) is 9.33. The van der Waals surface area contributed by atoms with Crippen molar-refractivity contribution in [2.24, 2.45) is 0 Å². The van der Waals surface area contributed by atoms with Crippen LogP contribution in [0.1, 0.15) is 18.6 Å². The fourth-order valence-corrected chi connectivity index (χ4v) is 2.36. The first-order valence-corrected chi connectivity index (χ1v) is 6.39. The Morgan fingerprint density at radius 1 is 0.947 bits per heavy atom. The molecule has 0 heterocycles. The smallest absolute Gasteiger partial charge is 0.140 e. The van der Waals surface area contributed by atoms with E-state index < -0.39 is 23.6 Å². The summed E-state index contributed by atoms with van der Waals surface area (Å²) in [6.45, 7) is 1.53. The Morgan fingerprint density at radius 3 is 2.05 bits per heavy atom. The van der Waals surface area contributed by atoms with E-state index >= 15 is 0 Å². The van der Waals surface area contributed by atoms with Gasteiger partial charge < -0.3 is 5.11 Å². The van der Waals surface area contributed by atoms with Crippen LogP contribution in [0.4, 0.5) is 13.2 Å². The molecule has 0 aliphatic rings. The third-order valence-electron chi connectivity index (χ3n) is 2.55. The molecule has 100 valence electrons. The van der Waals surface area contributed by atoms with E-state index in [1.807, 2.05) is 0 Å². The highest BCUT2D eigenvalue weighted by Crippen LogP contribution is 2.33. The van der Waals surface area contributed by atoms with Gasteiger partial charge in [0.2, 0.25) is 0 Å². The van der Waals surface area contributed by atoms with E-state index in [0.29, 0.717) is 5.56 Å². The molecular formula is C14H11F3OS. The molecule has 0 fully saturated rings. The molecule has 5 heteroatoms. The van der Waals surface area contributed by atoms with E-state index in [2.05, 4.69) is 0 Å². The standard InChI is InChI=1S/C14H11F3OS/c1-8(18)9-2-4-13(11(16)6-9)19-14-5-3-10(15)7-12(14)17/h2-8,18H,1H3/t8-/m1/s1. The minimum Gasteiger partial charge on any atom is -0.389 e. The third kappa shape index (κ3) is 3.30. The molecule has 0 unspecified atom stereocenters. The monoisotopic (exact) mass is 284 g/mol. The van der Waals surface area contributed by atoms with Crippen molar-refractivity contribution in [3.05, 3.63) is 59.4 Å². The predicted octanol–water partition coefficient (Wildman–Crippen LogP) is 4.31. The summed E-state index contributed by atoms with van der Waals surface area (Å²) in [4.78, 5) is 0.361. The average molecular weight is 284 g/mol. The summed E-state index contributed by atoms with van der Waals surface area (Å²) in [7, 11) is 0. The molecule has 0 saturated heterocycles. The topological polar surface area (TPSA) is 20.2 Å². The van der Waals surface area contributed by atoms with Gasteiger partial charge in [0.25, 0.3) is 0 Å². The van der Waals surface area contributed by atoms with Crippen LogP contribution in [0.25, 0.3) is 0 Å². The van der Waals surface area contributed by atoms with Gasteiger partial charge in [-0.15, -0.1) is 0 Å². The second-order valence-electron chi connectivity index (χ2n) is 4.04. The van der Waals surface area contributed by atoms with Crippen molar-refractivity contribution >= 4 is 11.8 Å². The number of rotatable bonds is 3. The molecule has 1 atom stereocenters. The van der Waals surface area contributed by atoms with Gasteiger partial charge in [0.1, 0.15) is 17.5 Å². The summed E-state index contributed by atoms with van der Waals surface area (Å²) in [6.07, 6.45) is -0.767. The van der Waals surface area contributed by atoms with Crippen LogP contribution in [0.15, 0.2) is 46.2 Å². The number of aliphatic hydroxyl groups is 1. The average Bonchev–Trinajstić information content (AvgIpc) is 2.34. The van der Waals surface area contributed by atoms with Gasteiger partial charge >= 0.3 is 0 Å². The van der Waals surface area contributed by atoms with Gasteiger partial charge in [-0.2, -0.15) is 0 Å². The molecule has 2 rings (SSSR count). The maximum absolute atomic E-state index is 13.8. The van der Waals surface area contributed by atoms with Crippen molar-refractivity contribution in [3.63, 3.8) is 0 Å². The van der Waals surface area contributed by atoms with Crippen molar-refractivity contribution in [3.8, 4) is 0 Å². The number of aliphatic hydroxyl groups excluding tert-OH is 1. The number of hydrogen-bond donors (Lipinski definition) is 1. The van der Waals surface area contributed by atoms with E-state index in [1.165, 1.54) is 25.1 Å². The molecule has 0 spiro atoms. The number of benzene rings is 2. The summed E-state index contributed by atoms with van der Waals surface area (Å²) in [5.41, 5.74) is 0.446. The van der Waals surface area contributed by atoms with Gasteiger partial charge in [0.05, 0.1) is 6.10 Å². The van der Waals surface area contributed by atoms with E-state index in [9.17, 15) is 18.3 Å². The van der Waals surface area contributed by atoms with Crippen molar-refractivity contribution in [1.29, 1.82) is 0 Å². The molecule has 2 aromatic carbocycles. The Bertz CT molecular complexity index is 599. The maximum atomic E-state index is 13.8. The second-order valence-corrected chi connectivity index (χ2v) is 5.13. The Labute approximate surface area is 113 Å². The quantitative estimate of drug-likeness (QED) is 0.906. The van der Waals surface area contributed by atoms with Crippen LogP contribution in [0.5, 0.6) is 0 Å². The van der Waals surface area contributed by atoms with Gasteiger partial charge in [-0.25, -0.2) is 13.2 Å². The van der Waals surface area contributed by atoms with Crippen LogP contribution in [0.3, 0.4) is 0 Å². The lowest BCUT2D eigenvalue weighted by Gasteiger charge is -2.08. The zero-order chi connectivity index (χ0) is 14.0. The SMILES string of the molecule is C[C@@H](O)c1ccc(Sc2ccc(F)cc2F)c(F)c1. The summed E-state index contributed by atoms with van der Waals surface area (Å²) >= 11 is 0.872. The lowest BCUT2D eigenvalue weighted by atomic mass is 10.1. The first-order chi connectivity index (χ1) is 8.97. The van der Waals surface area contributed by atoms with Gasteiger partial charge in [-0.3, -0.25) is 0 Å². The molecule has 0 bridgehead atoms. The Balaban J connectivity index is 2.28. The van der Waals surface area contributed by atoms with Crippen LogP contribution in [0.2, 0.25) is 0 Å². The summed E-state index contributed by atoms with van der Waals surface area (Å²) in [5.74, 6) is -1.96. The van der Waals surface area contributed by atoms with Gasteiger partial charge in [0.15, 0.2) is 0 Å². The maximum Gasteiger partial charge on any atom is 0.140 e. The van der Waals surface area contributed by atoms with E-state index in [0.717, 1.165) is 23.9 Å². The highest BCUT2D eigenvalue weighted by molar-refractivity contribution is 7.99. The molecule has 2 aromatic rings. The zero-order valence-electron chi connectivity index (χ0n) is 10.0. The van der Waals surface area contributed by atoms with Crippen molar-refractivity contribution in [1.82, 2.24) is 0 Å². The summed E-state index contributed by atoms with van der Waals surface area (Å²) in [6, 6.07) is 7.37. The van der Waals surface area contributed by atoms with Crippen LogP contribution in [-0.4, -0.2) is 5.11 Å². The van der Waals surface area contributed by atoms with Gasteiger partial charge in [-0.1, -0.05) is 17.8 Å². The Morgan fingerprint density at radius 2 is 1.53 bits per heavy atom. The van der Waals surface area contributed by atoms with Crippen LogP contribution in [0, 0.1) is 17.5 Å². The Kier molecular flexibility index (Phi) is 4.17. The second kappa shape index (κ2) is 5.67. The van der Waals surface area contributed by atoms with Crippen molar-refractivity contribution < 1.29 is 18.3 Å². The first-order valence-electron chi connectivity index (χ1n) is 5.58. The highest BCUT2D eigenvalue weighted by Gasteiger charge is 2.11. The van der Waals surface area contributed by atoms with Gasteiger partial charge in [-0.05, 0) is 36.8 Å². The van der Waals surface area contributed by atoms with Crippen molar-refractivity contribution in [2.75, 3.05) is 0 Å². The Hall–Kier alpha value is -1.46. The predicted molar refractivity (Wildman–Crippen MR) is 67.5 cm³/mol. The largest absolute Gasteiger partial charge is 0.389 e. The molecule has 0 aromatic heterocycles. The normalized spacial score (nSPS) is 12.5. The van der Waals surface area contributed by atoms with Crippen LogP contribution < -0.4 is 0 Å². The summed E-state index contributed by atoms with van der Waals surface area (Å²) < 4.78 is 40.0. The fraction of sp³-hybridized carbons (Fsp3) is 0.143. The van der Waals surface area contributed by atoms with Gasteiger partial charge in [0, 0.05) is 15.9 Å². The molecule has 0 aliphatic heterocycles. The van der Waals surface area contributed by atoms with Crippen molar-refractivity contribution in [2.45, 2.75) is 22.8 Å². The first kappa shape index (κ1) is 14.0. The van der Waals surface area contributed by atoms with E-state index in [4.69, 9.17) is 0 Å². The van der Waals surface area contributed by atoms with Crippen LogP contribution >= 0.6 is 11.8 Å². The zero-order valence-corrected chi connectivity index (χ0v) is 10.8. The number of hydrogen-bond acceptors (Lipinski definition) is 2. The van der Waals surface area contributed by atoms with Crippen LogP contribution in [-0.2, 0) is 0 Å². The molecule has 0 amide bonds. The molecule has 0 radical (unpaired) electrons. The lowest BCUT2D eigenvalue weighted by Crippen LogP contribution is -1.93. The molecule has 0 saturated carbocycles. The van der Waals surface area contributed by atoms with E-state index in [1.54, 1.807) is 6.07 Å². The fourth-order valence-electron chi connectivity index (χ4n) is 1.54. The minimum absolute atomic E-state index is 0.144. The molecule has 1 nitrogen and oxygen atoms in total. The molecule has 0 aliphatic carbocycles. The lowest BCUT2D eigenvalue weighted by molar-refractivity contribution is 0.198. The molecule has 1 N–H and O–H groups in total. The van der Waals surface area contributed by atoms with E-state index in [-0.39, 0.29) is 9.79 Å². The third-order valence-corrected chi connectivity index (χ3v) is 3.65.